The molecular formula is C70H101ClF8N12O12. The van der Waals surface area contributed by atoms with E-state index >= 15 is 28.0 Å². The monoisotopic (exact) mass is 1490 g/mol. The number of aryl methyl sites for hydroxylation is 1. The van der Waals surface area contributed by atoms with Crippen LogP contribution in [0.15, 0.2) is 18.2 Å². The first kappa shape index (κ1) is 82.9. The topological polar surface area (TPSA) is 270 Å². The van der Waals surface area contributed by atoms with Gasteiger partial charge < -0.3 is 60.0 Å². The highest BCUT2D eigenvalue weighted by Gasteiger charge is 2.56. The summed E-state index contributed by atoms with van der Waals surface area (Å²) in [5.74, 6) is -17.4. The maximum atomic E-state index is 16.1. The summed E-state index contributed by atoms with van der Waals surface area (Å²) in [5.41, 5.74) is -3.00. The highest BCUT2D eigenvalue weighted by molar-refractivity contribution is 6.31. The molecule has 6 aliphatic rings. The summed E-state index contributed by atoms with van der Waals surface area (Å²) in [6.07, 6.45) is -6.92. The number of carbonyl (C=O) groups is 12. The number of amides is 12. The molecular weight excluding hydrogens is 1390 g/mol. The summed E-state index contributed by atoms with van der Waals surface area (Å²) in [7, 11) is 8.37. The Hall–Kier alpha value is -7.41. The van der Waals surface area contributed by atoms with Crippen LogP contribution in [0, 0.1) is 17.8 Å². The highest BCUT2D eigenvalue weighted by Crippen LogP contribution is 2.40. The predicted octanol–water partition coefficient (Wildman–Crippen LogP) is 6.18. The van der Waals surface area contributed by atoms with E-state index in [2.05, 4.69) is 16.0 Å². The average Bonchev–Trinajstić information content (AvgIpc) is 1.70. The van der Waals surface area contributed by atoms with Crippen molar-refractivity contribution in [1.82, 2.24) is 60.0 Å². The molecule has 1 aromatic carbocycles. The van der Waals surface area contributed by atoms with Crippen molar-refractivity contribution in [3.63, 3.8) is 0 Å². The Bertz CT molecular complexity index is 3270. The second-order valence-corrected chi connectivity index (χ2v) is 29.8. The summed E-state index contributed by atoms with van der Waals surface area (Å²) >= 11 is 6.08. The third kappa shape index (κ3) is 21.0. The van der Waals surface area contributed by atoms with E-state index in [1.807, 2.05) is 0 Å². The highest BCUT2D eigenvalue weighted by atomic mass is 35.5. The van der Waals surface area contributed by atoms with Gasteiger partial charge in [-0.05, 0) is 93.2 Å². The van der Waals surface area contributed by atoms with Crippen LogP contribution < -0.4 is 16.0 Å². The van der Waals surface area contributed by atoms with Crippen molar-refractivity contribution in [3.05, 3.63) is 34.3 Å². The third-order valence-electron chi connectivity index (χ3n) is 21.8. The van der Waals surface area contributed by atoms with Crippen molar-refractivity contribution in [2.75, 3.05) is 88.6 Å². The molecule has 3 aliphatic heterocycles. The number of benzene rings is 1. The van der Waals surface area contributed by atoms with E-state index in [0.29, 0.717) is 67.2 Å². The summed E-state index contributed by atoms with van der Waals surface area (Å²) in [5, 5.41) is 6.91. The van der Waals surface area contributed by atoms with Crippen molar-refractivity contribution in [2.24, 2.45) is 17.8 Å². The Balaban J connectivity index is 1.31. The molecule has 12 amide bonds. The molecule has 0 bridgehead atoms. The van der Waals surface area contributed by atoms with Crippen LogP contribution in [-0.2, 0) is 70.1 Å². The van der Waals surface area contributed by atoms with E-state index in [1.54, 1.807) is 6.92 Å². The standard InChI is InChI=1S/C70H101ClF8N12O12/c1-10-42(2)57-64(101)85(5)39-55(94)83(3)40-56(95)86(6)49(34-43-21-13-11-14-22-43)62(99)84(4)38-53(92)80-48(28-26-44-25-27-46(47(71)33-44)70(77,78)79)61(98)91-41-68(72,73)36-52(91)60(97)82-67(29-17-18-30-67)66(103)89(9)58(45-23-15-12-16-24-45)65(102)88(8)50(63(100)90-31-19-20-32-90)35-54(93)87(7)51(59(96)81-57)37-69(74,75)76/h25,27,33,42-43,45,48-52,57-58H,10-24,26,28-32,34-41H2,1-9H3,(H,80,92)(H,81,96)(H,82,97)/t42-,48-,49-,50-,51-,52?,57-,58-/m0/s1. The molecule has 1 aromatic rings. The van der Waals surface area contributed by atoms with Crippen LogP contribution in [0.5, 0.6) is 0 Å². The van der Waals surface area contributed by atoms with Gasteiger partial charge in [-0.3, -0.25) is 57.5 Å². The minimum atomic E-state index is -5.13. The number of rotatable bonds is 10. The number of hydrogen-bond acceptors (Lipinski definition) is 12. The number of nitrogens with zero attached hydrogens (tertiary/aromatic N) is 9. The minimum absolute atomic E-state index is 0.0839. The normalized spacial score (nSPS) is 27.0. The number of fused-ring (bicyclic) bond motifs is 1. The van der Waals surface area contributed by atoms with Gasteiger partial charge >= 0.3 is 12.4 Å². The van der Waals surface area contributed by atoms with Crippen molar-refractivity contribution in [2.45, 2.75) is 228 Å². The van der Waals surface area contributed by atoms with Crippen molar-refractivity contribution in [1.29, 1.82) is 0 Å². The molecule has 33 heteroatoms. The minimum Gasteiger partial charge on any atom is -0.343 e. The van der Waals surface area contributed by atoms with Gasteiger partial charge in [0.15, 0.2) is 0 Å². The maximum absolute atomic E-state index is 16.1. The van der Waals surface area contributed by atoms with Crippen LogP contribution >= 0.6 is 11.6 Å². The van der Waals surface area contributed by atoms with E-state index in [-0.39, 0.29) is 69.5 Å². The fraction of sp³-hybridized carbons (Fsp3) is 0.743. The Morgan fingerprint density at radius 1 is 0.641 bits per heavy atom. The van der Waals surface area contributed by atoms with Gasteiger partial charge in [-0.25, -0.2) is 8.78 Å². The number of nitrogens with one attached hydrogen (secondary N) is 3. The van der Waals surface area contributed by atoms with E-state index in [1.165, 1.54) is 54.1 Å². The zero-order chi connectivity index (χ0) is 76.4. The van der Waals surface area contributed by atoms with Gasteiger partial charge in [0.1, 0.15) is 47.8 Å². The summed E-state index contributed by atoms with van der Waals surface area (Å²) in [4.78, 5) is 186. The van der Waals surface area contributed by atoms with Gasteiger partial charge in [-0.1, -0.05) is 102 Å². The van der Waals surface area contributed by atoms with Gasteiger partial charge in [-0.2, -0.15) is 26.3 Å². The molecule has 24 nitrogen and oxygen atoms in total. The van der Waals surface area contributed by atoms with Crippen molar-refractivity contribution in [3.8, 4) is 0 Å². The molecule has 1 unspecified atom stereocenters. The zero-order valence-corrected chi connectivity index (χ0v) is 61.1. The van der Waals surface area contributed by atoms with Gasteiger partial charge in [-0.15, -0.1) is 0 Å². The van der Waals surface area contributed by atoms with E-state index in [0.717, 1.165) is 74.3 Å². The number of carbonyl (C=O) groups excluding carboxylic acids is 12. The SMILES string of the molecule is CC[C@H](C)[C@@H]1NC(=O)[C@H](CC(F)(F)F)N(C)C(=O)C[C@@H](C(=O)N2CCCC2)N(C)C(=O)[C@H](C2CCCCC2)N(C)C(=O)C2(CCCC2)NC(=O)C2CC(F)(F)CN2C(=O)[C@H](CCc2ccc(C(F)(F)F)c(Cl)c2)NC(=O)CN(C)C(=O)[C@H](CC2CCCCC2)N(C)C(=O)CN(C)C(=O)CN(C)C1=O. The van der Waals surface area contributed by atoms with Gasteiger partial charge in [0.05, 0.1) is 49.6 Å². The fourth-order valence-electron chi connectivity index (χ4n) is 15.4. The lowest BCUT2D eigenvalue weighted by Crippen LogP contribution is -2.65. The van der Waals surface area contributed by atoms with Crippen LogP contribution in [0.4, 0.5) is 35.1 Å². The van der Waals surface area contributed by atoms with E-state index in [9.17, 15) is 64.7 Å². The van der Waals surface area contributed by atoms with Gasteiger partial charge in [0, 0.05) is 68.8 Å². The van der Waals surface area contributed by atoms with Gasteiger partial charge in [0.25, 0.3) is 5.92 Å². The molecule has 3 saturated carbocycles. The first-order valence-corrected chi connectivity index (χ1v) is 36.2. The largest absolute Gasteiger partial charge is 0.417 e. The first-order valence-electron chi connectivity index (χ1n) is 35.8. The molecule has 3 N–H and O–H groups in total. The van der Waals surface area contributed by atoms with Crippen molar-refractivity contribution < 1.29 is 92.7 Å². The lowest BCUT2D eigenvalue weighted by atomic mass is 9.81. The van der Waals surface area contributed by atoms with Crippen LogP contribution in [0.2, 0.25) is 5.02 Å². The average molecular weight is 1490 g/mol. The van der Waals surface area contributed by atoms with E-state index < -0.39 is 211 Å². The number of halogens is 9. The molecule has 0 aromatic heterocycles. The number of likely N-dealkylation sites (tertiary alicyclic amines) is 1. The lowest BCUT2D eigenvalue weighted by molar-refractivity contribution is -0.163. The van der Waals surface area contributed by atoms with Gasteiger partial charge in [0.2, 0.25) is 70.9 Å². The smallest absolute Gasteiger partial charge is 0.343 e. The molecule has 3 heterocycles. The number of alkyl halides is 8. The van der Waals surface area contributed by atoms with Crippen LogP contribution in [0.3, 0.4) is 0 Å². The second kappa shape index (κ2) is 35.1. The fourth-order valence-corrected chi connectivity index (χ4v) is 15.7. The maximum Gasteiger partial charge on any atom is 0.417 e. The molecule has 7 rings (SSSR count). The quantitative estimate of drug-likeness (QED) is 0.222. The third-order valence-corrected chi connectivity index (χ3v) is 22.2. The number of hydrogen-bond donors (Lipinski definition) is 3. The van der Waals surface area contributed by atoms with Crippen LogP contribution in [0.25, 0.3) is 0 Å². The Morgan fingerprint density at radius 2 is 1.22 bits per heavy atom. The predicted molar refractivity (Wildman–Crippen MR) is 361 cm³/mol. The van der Waals surface area contributed by atoms with Crippen molar-refractivity contribution >= 4 is 82.5 Å². The molecule has 0 radical (unpaired) electrons. The molecule has 1 spiro atoms. The molecule has 576 valence electrons. The molecule has 6 fully saturated rings. The Labute approximate surface area is 601 Å². The van der Waals surface area contributed by atoms with E-state index in [4.69, 9.17) is 11.6 Å². The molecule has 3 saturated heterocycles. The number of likely N-dealkylation sites (N-methyl/N-ethyl adjacent to an activating group) is 7. The van der Waals surface area contributed by atoms with Crippen LogP contribution in [-0.4, -0.2) is 264 Å². The Morgan fingerprint density at radius 3 is 1.81 bits per heavy atom. The molecule has 8 atom stereocenters. The summed E-state index contributed by atoms with van der Waals surface area (Å²) in [6, 6.07) is -9.63. The summed E-state index contributed by atoms with van der Waals surface area (Å²) in [6.45, 7) is -0.158. The summed E-state index contributed by atoms with van der Waals surface area (Å²) < 4.78 is 118. The zero-order valence-electron chi connectivity index (χ0n) is 60.3. The lowest BCUT2D eigenvalue weighted by Gasteiger charge is -2.43. The molecule has 3 aliphatic carbocycles. The molecule has 103 heavy (non-hydrogen) atoms. The second-order valence-electron chi connectivity index (χ2n) is 29.4. The van der Waals surface area contributed by atoms with Crippen LogP contribution in [0.1, 0.15) is 166 Å². The Kier molecular flexibility index (Phi) is 28.3. The first-order chi connectivity index (χ1) is 48.2.